The van der Waals surface area contributed by atoms with E-state index in [1.807, 2.05) is 0 Å². The molecule has 0 spiro atoms. The Labute approximate surface area is 188 Å². The molecule has 0 nitrogen and oxygen atoms in total. The van der Waals surface area contributed by atoms with Gasteiger partial charge in [-0.15, -0.1) is 0 Å². The fraction of sp³-hybridized carbons (Fsp3) is 1.00. The molecule has 0 fully saturated rings. The van der Waals surface area contributed by atoms with Gasteiger partial charge in [0.2, 0.25) is 0 Å². The number of rotatable bonds is 19. The first-order chi connectivity index (χ1) is 13.3. The van der Waals surface area contributed by atoms with E-state index >= 15 is 0 Å². The van der Waals surface area contributed by atoms with Gasteiger partial charge >= 0.3 is 189 Å². The van der Waals surface area contributed by atoms with Gasteiger partial charge in [-0.2, -0.15) is 0 Å². The molecule has 0 aliphatic rings. The molecule has 0 aromatic rings. The van der Waals surface area contributed by atoms with E-state index in [9.17, 15) is 0 Å². The third kappa shape index (κ3) is 10.8. The van der Waals surface area contributed by atoms with E-state index in [2.05, 4.69) is 48.5 Å². The maximum absolute atomic E-state index is 4.72. The molecule has 28 heavy (non-hydrogen) atoms. The van der Waals surface area contributed by atoms with Gasteiger partial charge in [-0.1, -0.05) is 0 Å². The fourth-order valence-electron chi connectivity index (χ4n) is 5.30. The molecule has 0 amide bonds. The Morgan fingerprint density at radius 2 is 0.821 bits per heavy atom. The Bertz CT molecular complexity index is 319. The van der Waals surface area contributed by atoms with Crippen LogP contribution in [0.4, 0.5) is 0 Å². The van der Waals surface area contributed by atoms with Crippen LogP contribution in [0.3, 0.4) is 0 Å². The van der Waals surface area contributed by atoms with Crippen molar-refractivity contribution in [3.63, 3.8) is 0 Å². The van der Waals surface area contributed by atoms with Gasteiger partial charge in [0.1, 0.15) is 0 Å². The zero-order chi connectivity index (χ0) is 21.5. The van der Waals surface area contributed by atoms with Gasteiger partial charge < -0.3 is 0 Å². The van der Waals surface area contributed by atoms with Crippen molar-refractivity contribution in [2.75, 3.05) is 24.6 Å². The van der Waals surface area contributed by atoms with Crippen molar-refractivity contribution in [3.05, 3.63) is 0 Å². The van der Waals surface area contributed by atoms with Gasteiger partial charge in [0, 0.05) is 0 Å². The summed E-state index contributed by atoms with van der Waals surface area (Å²) in [5, 5.41) is -1.86. The summed E-state index contributed by atoms with van der Waals surface area (Å²) in [5.74, 6) is 2.80. The van der Waals surface area contributed by atoms with E-state index in [4.69, 9.17) is 15.5 Å². The molecule has 0 aliphatic heterocycles. The van der Waals surface area contributed by atoms with Gasteiger partial charge in [0.05, 0.1) is 0 Å². The summed E-state index contributed by atoms with van der Waals surface area (Å²) in [4.78, 5) is 0. The van der Waals surface area contributed by atoms with Crippen LogP contribution in [0.25, 0.3) is 0 Å². The molecule has 0 N–H and O–H groups in total. The molecule has 0 rings (SSSR count). The molecule has 0 bridgehead atoms. The van der Waals surface area contributed by atoms with Crippen LogP contribution in [0.5, 0.6) is 0 Å². The van der Waals surface area contributed by atoms with Crippen molar-refractivity contribution in [1.82, 2.24) is 0 Å². The Balaban J connectivity index is 5.68. The van der Waals surface area contributed by atoms with Crippen molar-refractivity contribution >= 4 is 20.8 Å². The van der Waals surface area contributed by atoms with Crippen molar-refractivity contribution in [2.45, 2.75) is 126 Å². The molecule has 3 unspecified atom stereocenters. The predicted octanol–water partition coefficient (Wildman–Crippen LogP) is 10.5. The normalized spacial score (nSPS) is 17.1. The van der Waals surface area contributed by atoms with E-state index < -0.39 is 5.31 Å². The van der Waals surface area contributed by atoms with Crippen LogP contribution in [0.1, 0.15) is 126 Å². The van der Waals surface area contributed by atoms with E-state index in [-0.39, 0.29) is 0 Å². The second-order valence-electron chi connectivity index (χ2n) is 9.93. The second-order valence-corrected chi connectivity index (χ2v) is 21.3. The second kappa shape index (κ2) is 15.7. The Hall–Kier alpha value is 0.910. The van der Waals surface area contributed by atoms with E-state index in [1.165, 1.54) is 102 Å². The zero-order valence-electron chi connectivity index (χ0n) is 20.9. The first-order valence-electron chi connectivity index (χ1n) is 13.1. The van der Waals surface area contributed by atoms with E-state index in [0.29, 0.717) is 0 Å². The van der Waals surface area contributed by atoms with Crippen molar-refractivity contribution in [1.29, 1.82) is 0 Å². The Morgan fingerprint density at radius 3 is 1.00 bits per heavy atom. The quantitative estimate of drug-likeness (QED) is 0.162. The molecule has 0 aromatic heterocycles. The molecular weight excluding hydrogens is 423 g/mol. The topological polar surface area (TPSA) is 0 Å². The minimum absolute atomic E-state index is 0.935. The average Bonchev–Trinajstić information content (AvgIpc) is 2.71. The summed E-state index contributed by atoms with van der Waals surface area (Å²) in [7, 11) is 0. The first kappa shape index (κ1) is 28.9. The average molecular weight is 480 g/mol. The third-order valence-electron chi connectivity index (χ3n) is 7.56. The van der Waals surface area contributed by atoms with Gasteiger partial charge in [-0.3, -0.25) is 0 Å². The van der Waals surface area contributed by atoms with Gasteiger partial charge in [-0.25, -0.2) is 0 Å². The number of halogens is 1. The molecular formula is C26H56BrP. The Morgan fingerprint density at radius 1 is 0.536 bits per heavy atom. The molecule has 2 heteroatoms. The van der Waals surface area contributed by atoms with Crippen LogP contribution < -0.4 is 0 Å². The van der Waals surface area contributed by atoms with Crippen LogP contribution in [0.2, 0.25) is 0 Å². The monoisotopic (exact) mass is 478 g/mol. The summed E-state index contributed by atoms with van der Waals surface area (Å²) in [6, 6.07) is 0. The van der Waals surface area contributed by atoms with Crippen LogP contribution in [-0.2, 0) is 0 Å². The molecule has 0 radical (unpaired) electrons. The van der Waals surface area contributed by atoms with Crippen LogP contribution in [0.15, 0.2) is 0 Å². The summed E-state index contributed by atoms with van der Waals surface area (Å²) < 4.78 is 0. The van der Waals surface area contributed by atoms with Gasteiger partial charge in [0.25, 0.3) is 0 Å². The molecule has 0 heterocycles. The zero-order valence-corrected chi connectivity index (χ0v) is 23.4. The standard InChI is InChI=1S/C26H56BrP/c1-8-15-18-24(11-4)21-28(27,14-7,22-25(12-5)19-16-9-2)23-26(13-6)20-17-10-3/h24-26H,8-23H2,1-7H3. The number of unbranched alkanes of at least 4 members (excludes halogenated alkanes) is 3. The molecule has 3 atom stereocenters. The number of hydrogen-bond acceptors (Lipinski definition) is 0. The van der Waals surface area contributed by atoms with Crippen molar-refractivity contribution in [3.8, 4) is 0 Å². The number of hydrogen-bond donors (Lipinski definition) is 0. The molecule has 0 aromatic carbocycles. The first-order valence-corrected chi connectivity index (χ1v) is 18.1. The summed E-state index contributed by atoms with van der Waals surface area (Å²) in [6.07, 6.45) is 22.8. The van der Waals surface area contributed by atoms with Crippen LogP contribution in [0, 0.1) is 17.8 Å². The SMILES string of the molecule is CCCCC(CC)CP(Br)(CC)(CC(CC)CCCC)CC(CC)CCCC. The Kier molecular flexibility index (Phi) is 16.2. The summed E-state index contributed by atoms with van der Waals surface area (Å²) in [5.41, 5.74) is 0. The van der Waals surface area contributed by atoms with Gasteiger partial charge in [-0.05, 0) is 0 Å². The maximum atomic E-state index is 4.72. The van der Waals surface area contributed by atoms with E-state index in [1.54, 1.807) is 0 Å². The molecule has 0 saturated heterocycles. The van der Waals surface area contributed by atoms with Crippen LogP contribution in [-0.4, -0.2) is 24.6 Å². The fourth-order valence-corrected chi connectivity index (χ4v) is 15.4. The molecule has 0 aliphatic carbocycles. The van der Waals surface area contributed by atoms with Crippen LogP contribution >= 0.6 is 20.8 Å². The predicted molar refractivity (Wildman–Crippen MR) is 141 cm³/mol. The van der Waals surface area contributed by atoms with Gasteiger partial charge in [0.15, 0.2) is 0 Å². The summed E-state index contributed by atoms with van der Waals surface area (Å²) >= 11 is 4.72. The summed E-state index contributed by atoms with van der Waals surface area (Å²) in [6.45, 7) is 17.0. The third-order valence-corrected chi connectivity index (χ3v) is 17.5. The van der Waals surface area contributed by atoms with Crippen molar-refractivity contribution < 1.29 is 0 Å². The molecule has 172 valence electrons. The van der Waals surface area contributed by atoms with Crippen molar-refractivity contribution in [2.24, 2.45) is 17.8 Å². The van der Waals surface area contributed by atoms with E-state index in [0.717, 1.165) is 17.8 Å². The molecule has 0 saturated carbocycles. The minimum atomic E-state index is -1.86.